The zero-order valence-electron chi connectivity index (χ0n) is 15.3. The number of hydrogen-bond donors (Lipinski definition) is 2. The van der Waals surface area contributed by atoms with Gasteiger partial charge >= 0.3 is 0 Å². The summed E-state index contributed by atoms with van der Waals surface area (Å²) in [6.45, 7) is 1.32. The normalized spacial score (nSPS) is 16.9. The number of nitrogens with two attached hydrogens (primary N) is 1. The lowest BCUT2D eigenvalue weighted by molar-refractivity contribution is -0.123. The topological polar surface area (TPSA) is 72.9 Å². The number of carbonyl (C=O) groups excluding carboxylic acids is 1. The summed E-state index contributed by atoms with van der Waals surface area (Å²) in [5, 5.41) is 3.08. The van der Waals surface area contributed by atoms with Gasteiger partial charge in [-0.25, -0.2) is 4.98 Å². The average molecular weight is 342 g/mol. The molecular formula is C20H30N4O. The van der Waals surface area contributed by atoms with Gasteiger partial charge in [0.15, 0.2) is 0 Å². The molecule has 0 aliphatic heterocycles. The van der Waals surface area contributed by atoms with Crippen molar-refractivity contribution in [1.29, 1.82) is 0 Å². The highest BCUT2D eigenvalue weighted by Gasteiger charge is 2.32. The fourth-order valence-corrected chi connectivity index (χ4v) is 4.05. The number of aryl methyl sites for hydroxylation is 2. The molecule has 0 saturated heterocycles. The first-order chi connectivity index (χ1) is 12.1. The number of hydrogen-bond acceptors (Lipinski definition) is 3. The predicted octanol–water partition coefficient (Wildman–Crippen LogP) is 2.92. The van der Waals surface area contributed by atoms with E-state index in [0.717, 1.165) is 42.5 Å². The maximum atomic E-state index is 12.3. The summed E-state index contributed by atoms with van der Waals surface area (Å²) in [5.41, 5.74) is 8.21. The van der Waals surface area contributed by atoms with Crippen molar-refractivity contribution in [2.75, 3.05) is 13.1 Å². The number of para-hydroxylation sites is 2. The van der Waals surface area contributed by atoms with E-state index in [0.29, 0.717) is 19.5 Å². The molecule has 1 aromatic heterocycles. The Hall–Kier alpha value is -1.88. The van der Waals surface area contributed by atoms with Crippen molar-refractivity contribution in [2.45, 2.75) is 51.4 Å². The van der Waals surface area contributed by atoms with E-state index in [2.05, 4.69) is 28.0 Å². The van der Waals surface area contributed by atoms with Gasteiger partial charge in [-0.2, -0.15) is 0 Å². The highest BCUT2D eigenvalue weighted by atomic mass is 16.1. The van der Waals surface area contributed by atoms with Crippen molar-refractivity contribution >= 4 is 16.9 Å². The summed E-state index contributed by atoms with van der Waals surface area (Å²) in [4.78, 5) is 17.0. The van der Waals surface area contributed by atoms with Crippen LogP contribution in [0.5, 0.6) is 0 Å². The summed E-state index contributed by atoms with van der Waals surface area (Å²) >= 11 is 0. The van der Waals surface area contributed by atoms with Crippen molar-refractivity contribution in [3.05, 3.63) is 30.1 Å². The Morgan fingerprint density at radius 3 is 2.76 bits per heavy atom. The van der Waals surface area contributed by atoms with Gasteiger partial charge in [-0.1, -0.05) is 31.4 Å². The summed E-state index contributed by atoms with van der Waals surface area (Å²) < 4.78 is 2.14. The summed E-state index contributed by atoms with van der Waals surface area (Å²) in [5.74, 6) is 1.22. The maximum Gasteiger partial charge on any atom is 0.220 e. The minimum atomic E-state index is 0.0414. The average Bonchev–Trinajstić information content (AvgIpc) is 2.96. The van der Waals surface area contributed by atoms with Gasteiger partial charge in [-0.3, -0.25) is 4.79 Å². The fourth-order valence-electron chi connectivity index (χ4n) is 4.05. The molecule has 1 heterocycles. The first kappa shape index (κ1) is 17.9. The molecule has 1 saturated carbocycles. The van der Waals surface area contributed by atoms with E-state index in [4.69, 9.17) is 5.73 Å². The van der Waals surface area contributed by atoms with Gasteiger partial charge in [0.05, 0.1) is 11.0 Å². The van der Waals surface area contributed by atoms with Gasteiger partial charge in [0.2, 0.25) is 5.91 Å². The molecule has 0 unspecified atom stereocenters. The van der Waals surface area contributed by atoms with E-state index in [1.54, 1.807) is 0 Å². The lowest BCUT2D eigenvalue weighted by Crippen LogP contribution is -2.38. The Kier molecular flexibility index (Phi) is 5.74. The zero-order valence-corrected chi connectivity index (χ0v) is 15.3. The quantitative estimate of drug-likeness (QED) is 0.760. The van der Waals surface area contributed by atoms with Crippen LogP contribution in [-0.2, 0) is 18.3 Å². The van der Waals surface area contributed by atoms with Crippen LogP contribution in [0.15, 0.2) is 24.3 Å². The summed E-state index contributed by atoms with van der Waals surface area (Å²) in [7, 11) is 2.05. The second kappa shape index (κ2) is 8.00. The number of aromatic nitrogens is 2. The maximum absolute atomic E-state index is 12.3. The first-order valence-electron chi connectivity index (χ1n) is 9.51. The van der Waals surface area contributed by atoms with E-state index < -0.39 is 0 Å². The molecule has 0 radical (unpaired) electrons. The molecule has 25 heavy (non-hydrogen) atoms. The molecular weight excluding hydrogens is 312 g/mol. The van der Waals surface area contributed by atoms with E-state index in [-0.39, 0.29) is 11.3 Å². The van der Waals surface area contributed by atoms with Crippen molar-refractivity contribution < 1.29 is 4.79 Å². The number of nitrogens with zero attached hydrogens (tertiary/aromatic N) is 2. The number of carbonyl (C=O) groups is 1. The van der Waals surface area contributed by atoms with E-state index >= 15 is 0 Å². The van der Waals surface area contributed by atoms with Gasteiger partial charge in [0.1, 0.15) is 5.82 Å². The van der Waals surface area contributed by atoms with Gasteiger partial charge in [-0.15, -0.1) is 0 Å². The monoisotopic (exact) mass is 342 g/mol. The number of fused-ring (bicyclic) bond motifs is 1. The molecule has 1 fully saturated rings. The second-order valence-electron chi connectivity index (χ2n) is 7.47. The third kappa shape index (κ3) is 4.21. The standard InChI is InChI=1S/C20H30N4O/c1-24-17-9-4-3-8-16(17)23-18(24)10-7-13-22-19(25)14-20(15-21)11-5-2-6-12-20/h3-4,8-9H,2,5-7,10-15,21H2,1H3,(H,22,25). The molecule has 136 valence electrons. The minimum absolute atomic E-state index is 0.0414. The van der Waals surface area contributed by atoms with Crippen molar-refractivity contribution in [1.82, 2.24) is 14.9 Å². The zero-order chi connectivity index (χ0) is 17.7. The third-order valence-corrected chi connectivity index (χ3v) is 5.66. The molecule has 5 heteroatoms. The molecule has 0 atom stereocenters. The highest BCUT2D eigenvalue weighted by Crippen LogP contribution is 2.38. The van der Waals surface area contributed by atoms with Crippen LogP contribution >= 0.6 is 0 Å². The van der Waals surface area contributed by atoms with Crippen molar-refractivity contribution in [3.63, 3.8) is 0 Å². The summed E-state index contributed by atoms with van der Waals surface area (Å²) in [6.07, 6.45) is 8.23. The Labute approximate surface area is 150 Å². The molecule has 1 amide bonds. The van der Waals surface area contributed by atoms with Crippen LogP contribution in [0.3, 0.4) is 0 Å². The van der Waals surface area contributed by atoms with Crippen molar-refractivity contribution in [2.24, 2.45) is 18.2 Å². The molecule has 3 rings (SSSR count). The van der Waals surface area contributed by atoms with Crippen LogP contribution in [0.4, 0.5) is 0 Å². The van der Waals surface area contributed by atoms with Crippen molar-refractivity contribution in [3.8, 4) is 0 Å². The SMILES string of the molecule is Cn1c(CCCNC(=O)CC2(CN)CCCCC2)nc2ccccc21. The first-order valence-corrected chi connectivity index (χ1v) is 9.51. The van der Waals surface area contributed by atoms with Gasteiger partial charge in [0.25, 0.3) is 0 Å². The highest BCUT2D eigenvalue weighted by molar-refractivity contribution is 5.77. The fraction of sp³-hybridized carbons (Fsp3) is 0.600. The van der Waals surface area contributed by atoms with Crippen LogP contribution in [0, 0.1) is 5.41 Å². The molecule has 1 aromatic carbocycles. The Balaban J connectivity index is 1.46. The number of amides is 1. The number of imidazole rings is 1. The van der Waals surface area contributed by atoms with E-state index in [1.807, 2.05) is 18.2 Å². The van der Waals surface area contributed by atoms with E-state index in [9.17, 15) is 4.79 Å². The van der Waals surface area contributed by atoms with Crippen LogP contribution in [0.1, 0.15) is 50.8 Å². The number of nitrogens with one attached hydrogen (secondary N) is 1. The van der Waals surface area contributed by atoms with Gasteiger partial charge in [-0.05, 0) is 43.4 Å². The van der Waals surface area contributed by atoms with Crippen LogP contribution < -0.4 is 11.1 Å². The molecule has 1 aliphatic rings. The lowest BCUT2D eigenvalue weighted by atomic mass is 9.71. The van der Waals surface area contributed by atoms with Crippen LogP contribution in [0.2, 0.25) is 0 Å². The molecule has 3 N–H and O–H groups in total. The molecule has 0 bridgehead atoms. The van der Waals surface area contributed by atoms with E-state index in [1.165, 1.54) is 19.3 Å². The third-order valence-electron chi connectivity index (χ3n) is 5.66. The predicted molar refractivity (Wildman–Crippen MR) is 101 cm³/mol. The largest absolute Gasteiger partial charge is 0.356 e. The summed E-state index contributed by atoms with van der Waals surface area (Å²) in [6, 6.07) is 8.17. The second-order valence-corrected chi connectivity index (χ2v) is 7.47. The number of benzene rings is 1. The van der Waals surface area contributed by atoms with Crippen LogP contribution in [-0.4, -0.2) is 28.5 Å². The molecule has 1 aliphatic carbocycles. The Morgan fingerprint density at radius 1 is 1.28 bits per heavy atom. The van der Waals surface area contributed by atoms with Crippen LogP contribution in [0.25, 0.3) is 11.0 Å². The smallest absolute Gasteiger partial charge is 0.220 e. The lowest BCUT2D eigenvalue weighted by Gasteiger charge is -2.35. The minimum Gasteiger partial charge on any atom is -0.356 e. The Bertz CT molecular complexity index is 716. The Morgan fingerprint density at radius 2 is 2.04 bits per heavy atom. The molecule has 2 aromatic rings. The molecule has 0 spiro atoms. The van der Waals surface area contributed by atoms with Gasteiger partial charge < -0.3 is 15.6 Å². The van der Waals surface area contributed by atoms with Gasteiger partial charge in [0, 0.05) is 26.4 Å². The number of rotatable bonds is 7. The molecule has 5 nitrogen and oxygen atoms in total.